The van der Waals surface area contributed by atoms with E-state index >= 15 is 0 Å². The molecular weight excluding hydrogens is 566 g/mol. The Morgan fingerprint density at radius 1 is 1.07 bits per heavy atom. The van der Waals surface area contributed by atoms with Crippen molar-refractivity contribution < 1.29 is 29.0 Å². The molecule has 1 aromatic heterocycles. The largest absolute Gasteiger partial charge is 0.481 e. The number of aliphatic carboxylic acids is 1. The lowest BCUT2D eigenvalue weighted by molar-refractivity contribution is -0.138. The van der Waals surface area contributed by atoms with E-state index in [2.05, 4.69) is 32.8 Å². The number of hydrogen-bond acceptors (Lipinski definition) is 9. The number of amides is 3. The van der Waals surface area contributed by atoms with E-state index in [1.54, 1.807) is 15.9 Å². The van der Waals surface area contributed by atoms with Crippen LogP contribution in [0.1, 0.15) is 55.9 Å². The Morgan fingerprint density at radius 3 is 2.50 bits per heavy atom. The van der Waals surface area contributed by atoms with Gasteiger partial charge in [0.1, 0.15) is 17.6 Å². The third-order valence-corrected chi connectivity index (χ3v) is 7.80. The number of carboxylic acid groups (broad SMARTS) is 1. The summed E-state index contributed by atoms with van der Waals surface area (Å²) >= 11 is 0. The number of carbonyl (C=O) groups is 4. The molecule has 3 heterocycles. The van der Waals surface area contributed by atoms with Gasteiger partial charge in [0.15, 0.2) is 5.82 Å². The minimum Gasteiger partial charge on any atom is -0.481 e. The highest BCUT2D eigenvalue weighted by Gasteiger charge is 2.31. The normalized spacial score (nSPS) is 17.2. The van der Waals surface area contributed by atoms with Crippen molar-refractivity contribution in [2.24, 2.45) is 5.92 Å². The van der Waals surface area contributed by atoms with Crippen LogP contribution in [-0.2, 0) is 14.3 Å². The number of rotatable bonds is 14. The number of anilines is 1. The molecule has 2 aliphatic rings. The second-order valence-electron chi connectivity index (χ2n) is 11.2. The van der Waals surface area contributed by atoms with E-state index in [1.807, 2.05) is 30.3 Å². The van der Waals surface area contributed by atoms with Crippen molar-refractivity contribution in [3.63, 3.8) is 0 Å². The van der Waals surface area contributed by atoms with Crippen LogP contribution in [0.2, 0.25) is 0 Å². The van der Waals surface area contributed by atoms with Crippen molar-refractivity contribution in [1.29, 1.82) is 0 Å². The van der Waals surface area contributed by atoms with Crippen LogP contribution in [0.3, 0.4) is 0 Å². The Bertz CT molecular complexity index is 1260. The molecule has 3 amide bonds. The molecule has 2 saturated heterocycles. The fraction of sp³-hybridized carbons (Fsp3) is 0.548. The zero-order valence-electron chi connectivity index (χ0n) is 25.3. The lowest BCUT2D eigenvalue weighted by Gasteiger charge is -2.36. The summed E-state index contributed by atoms with van der Waals surface area (Å²) in [6.45, 7) is 6.05. The van der Waals surface area contributed by atoms with Crippen LogP contribution in [0.25, 0.3) is 11.4 Å². The lowest BCUT2D eigenvalue weighted by Crippen LogP contribution is -2.56. The van der Waals surface area contributed by atoms with Crippen LogP contribution in [0.4, 0.5) is 10.6 Å². The number of unbranched alkanes of at least 4 members (excludes halogenated alkanes) is 2. The fourth-order valence-electron chi connectivity index (χ4n) is 5.20. The minimum absolute atomic E-state index is 0.0645. The van der Waals surface area contributed by atoms with E-state index in [0.29, 0.717) is 30.7 Å². The summed E-state index contributed by atoms with van der Waals surface area (Å²) in [6, 6.07) is 9.75. The van der Waals surface area contributed by atoms with E-state index < -0.39 is 29.9 Å². The molecular formula is C31H43N7O6. The van der Waals surface area contributed by atoms with Crippen molar-refractivity contribution in [3.8, 4) is 11.4 Å². The number of benzene rings is 1. The molecule has 2 aromatic rings. The highest BCUT2D eigenvalue weighted by atomic mass is 16.6. The third kappa shape index (κ3) is 9.63. The quantitative estimate of drug-likeness (QED) is 0.234. The van der Waals surface area contributed by atoms with Crippen molar-refractivity contribution >= 4 is 29.7 Å². The molecule has 1 aromatic carbocycles. The van der Waals surface area contributed by atoms with E-state index in [1.165, 1.54) is 0 Å². The van der Waals surface area contributed by atoms with Crippen LogP contribution in [0.5, 0.6) is 0 Å². The molecule has 2 aliphatic heterocycles. The molecule has 2 atom stereocenters. The van der Waals surface area contributed by atoms with Gasteiger partial charge in [-0.05, 0) is 38.3 Å². The van der Waals surface area contributed by atoms with E-state index in [9.17, 15) is 24.3 Å². The second-order valence-corrected chi connectivity index (χ2v) is 11.2. The summed E-state index contributed by atoms with van der Waals surface area (Å²) < 4.78 is 5.33. The van der Waals surface area contributed by atoms with Gasteiger partial charge in [0.05, 0.1) is 6.61 Å². The molecule has 1 unspecified atom stereocenters. The van der Waals surface area contributed by atoms with Gasteiger partial charge in [-0.25, -0.2) is 14.8 Å². The van der Waals surface area contributed by atoms with Gasteiger partial charge in [-0.2, -0.15) is 0 Å². The lowest BCUT2D eigenvalue weighted by atomic mass is 10.1. The first-order valence-corrected chi connectivity index (χ1v) is 15.5. The predicted molar refractivity (Wildman–Crippen MR) is 164 cm³/mol. The van der Waals surface area contributed by atoms with E-state index in [0.717, 1.165) is 44.3 Å². The Balaban J connectivity index is 1.44. The first-order valence-electron chi connectivity index (χ1n) is 15.5. The zero-order valence-corrected chi connectivity index (χ0v) is 25.3. The molecule has 4 rings (SSSR count). The number of carbonyl (C=O) groups excluding carboxylic acids is 3. The Kier molecular flexibility index (Phi) is 12.3. The molecule has 13 heteroatoms. The topological polar surface area (TPSA) is 166 Å². The predicted octanol–water partition coefficient (Wildman–Crippen LogP) is 2.60. The average Bonchev–Trinajstić information content (AvgIpc) is 3.58. The molecule has 0 spiro atoms. The van der Waals surface area contributed by atoms with Crippen LogP contribution in [0.15, 0.2) is 36.4 Å². The van der Waals surface area contributed by atoms with Crippen LogP contribution >= 0.6 is 0 Å². The van der Waals surface area contributed by atoms with Crippen LogP contribution < -0.4 is 16.0 Å². The maximum atomic E-state index is 13.5. The standard InChI is InChI=1S/C31H43N7O6/c1-2-3-7-18-44-31(43)38-16-14-37(15-17-38)30(42)24(10-11-27(39)40)35-29(41)25-19-26(33-21-22-12-13-32-20-22)36-28(34-25)23-8-5-4-6-9-23/h4-6,8-9,19,22,24,32H,2-3,7,10-18,20-21H2,1H3,(H,35,41)(H,39,40)(H,33,34,36)/t22?,24-/m0/s1. The van der Waals surface area contributed by atoms with Crippen molar-refractivity contribution in [2.45, 2.75) is 51.5 Å². The summed E-state index contributed by atoms with van der Waals surface area (Å²) in [5.74, 6) is -0.801. The first kappa shape index (κ1) is 32.6. The highest BCUT2D eigenvalue weighted by molar-refractivity contribution is 5.97. The number of nitrogens with one attached hydrogen (secondary N) is 3. The maximum Gasteiger partial charge on any atom is 0.409 e. The molecule has 2 fully saturated rings. The molecule has 238 valence electrons. The minimum atomic E-state index is -1.08. The summed E-state index contributed by atoms with van der Waals surface area (Å²) in [4.78, 5) is 63.1. The summed E-state index contributed by atoms with van der Waals surface area (Å²) in [6.07, 6.45) is 3.06. The van der Waals surface area contributed by atoms with Gasteiger partial charge in [-0.3, -0.25) is 14.4 Å². The van der Waals surface area contributed by atoms with Gasteiger partial charge < -0.3 is 35.6 Å². The van der Waals surface area contributed by atoms with Gasteiger partial charge in [0.25, 0.3) is 5.91 Å². The maximum absolute atomic E-state index is 13.5. The van der Waals surface area contributed by atoms with Gasteiger partial charge in [-0.15, -0.1) is 0 Å². The summed E-state index contributed by atoms with van der Waals surface area (Å²) in [7, 11) is 0. The van der Waals surface area contributed by atoms with Gasteiger partial charge in [-0.1, -0.05) is 50.1 Å². The number of hydrogen-bond donors (Lipinski definition) is 4. The number of aromatic nitrogens is 2. The molecule has 0 radical (unpaired) electrons. The Hall–Kier alpha value is -4.26. The van der Waals surface area contributed by atoms with Crippen LogP contribution in [0, 0.1) is 5.92 Å². The molecule has 44 heavy (non-hydrogen) atoms. The smallest absolute Gasteiger partial charge is 0.409 e. The number of nitrogens with zero attached hydrogens (tertiary/aromatic N) is 4. The fourth-order valence-corrected chi connectivity index (χ4v) is 5.20. The molecule has 0 saturated carbocycles. The number of piperazine rings is 1. The summed E-state index contributed by atoms with van der Waals surface area (Å²) in [5.41, 5.74) is 0.794. The van der Waals surface area contributed by atoms with Crippen molar-refractivity contribution in [1.82, 2.24) is 30.4 Å². The van der Waals surface area contributed by atoms with E-state index in [-0.39, 0.29) is 44.7 Å². The Labute approximate surface area is 257 Å². The second kappa shape index (κ2) is 16.6. The molecule has 0 bridgehead atoms. The van der Waals surface area contributed by atoms with Crippen molar-refractivity contribution in [3.05, 3.63) is 42.1 Å². The third-order valence-electron chi connectivity index (χ3n) is 7.80. The monoisotopic (exact) mass is 609 g/mol. The average molecular weight is 610 g/mol. The van der Waals surface area contributed by atoms with Gasteiger partial charge >= 0.3 is 12.1 Å². The molecule has 0 aliphatic carbocycles. The van der Waals surface area contributed by atoms with Crippen molar-refractivity contribution in [2.75, 3.05) is 57.7 Å². The number of ether oxygens (including phenoxy) is 1. The SMILES string of the molecule is CCCCCOC(=O)N1CCN(C(=O)[C@H](CCC(=O)O)NC(=O)c2cc(NCC3CCNC3)nc(-c3ccccc3)n2)CC1. The van der Waals surface area contributed by atoms with Gasteiger partial charge in [0.2, 0.25) is 5.91 Å². The summed E-state index contributed by atoms with van der Waals surface area (Å²) in [5, 5.41) is 18.7. The van der Waals surface area contributed by atoms with Crippen LogP contribution in [-0.4, -0.2) is 107 Å². The van der Waals surface area contributed by atoms with Gasteiger partial charge in [0, 0.05) is 50.8 Å². The zero-order chi connectivity index (χ0) is 31.3. The number of carboxylic acids is 1. The molecule has 13 nitrogen and oxygen atoms in total. The van der Waals surface area contributed by atoms with E-state index in [4.69, 9.17) is 4.74 Å². The highest BCUT2D eigenvalue weighted by Crippen LogP contribution is 2.19. The molecule has 4 N–H and O–H groups in total. The Morgan fingerprint density at radius 2 is 1.82 bits per heavy atom. The first-order chi connectivity index (χ1) is 21.3.